The predicted molar refractivity (Wildman–Crippen MR) is 68.9 cm³/mol. The lowest BCUT2D eigenvalue weighted by molar-refractivity contribution is -0.153. The van der Waals surface area contributed by atoms with Gasteiger partial charge in [0, 0.05) is 18.0 Å². The maximum absolute atomic E-state index is 12.1. The van der Waals surface area contributed by atoms with Gasteiger partial charge in [-0.3, -0.25) is 4.79 Å². The van der Waals surface area contributed by atoms with Crippen LogP contribution >= 0.6 is 0 Å². The second-order valence-corrected chi connectivity index (χ2v) is 5.13. The Kier molecular flexibility index (Phi) is 5.44. The zero-order valence-corrected chi connectivity index (χ0v) is 11.3. The van der Waals surface area contributed by atoms with Crippen molar-refractivity contribution in [3.63, 3.8) is 0 Å². The third kappa shape index (κ3) is 3.15. The van der Waals surface area contributed by atoms with Crippen LogP contribution in [0.25, 0.3) is 10.4 Å². The second kappa shape index (κ2) is 6.61. The average molecular weight is 254 g/mol. The maximum Gasteiger partial charge on any atom is 0.326 e. The first kappa shape index (κ1) is 14.8. The SMILES string of the molecule is COC(=O)C1(NCCN=[N+]=[N-])CC(C)CCC1C. The lowest BCUT2D eigenvalue weighted by atomic mass is 9.69. The minimum atomic E-state index is -0.628. The van der Waals surface area contributed by atoms with Crippen LogP contribution in [-0.2, 0) is 9.53 Å². The van der Waals surface area contributed by atoms with E-state index in [4.69, 9.17) is 10.3 Å². The molecule has 6 nitrogen and oxygen atoms in total. The molecular formula is C12H22N4O2. The summed E-state index contributed by atoms with van der Waals surface area (Å²) in [6.45, 7) is 5.06. The molecular weight excluding hydrogens is 232 g/mol. The summed E-state index contributed by atoms with van der Waals surface area (Å²) in [5.74, 6) is 0.516. The molecule has 1 aliphatic rings. The molecule has 0 amide bonds. The van der Waals surface area contributed by atoms with Crippen molar-refractivity contribution in [2.45, 2.75) is 38.6 Å². The summed E-state index contributed by atoms with van der Waals surface area (Å²) in [7, 11) is 1.42. The van der Waals surface area contributed by atoms with Gasteiger partial charge in [0.25, 0.3) is 0 Å². The smallest absolute Gasteiger partial charge is 0.326 e. The number of ether oxygens (including phenoxy) is 1. The van der Waals surface area contributed by atoms with Crippen LogP contribution in [0.4, 0.5) is 0 Å². The molecule has 1 aliphatic carbocycles. The number of azide groups is 1. The summed E-state index contributed by atoms with van der Waals surface area (Å²) in [6, 6.07) is 0. The molecule has 0 spiro atoms. The minimum Gasteiger partial charge on any atom is -0.468 e. The topological polar surface area (TPSA) is 87.1 Å². The first-order valence-corrected chi connectivity index (χ1v) is 6.41. The largest absolute Gasteiger partial charge is 0.468 e. The van der Waals surface area contributed by atoms with E-state index in [1.165, 1.54) is 7.11 Å². The molecule has 0 aromatic carbocycles. The average Bonchev–Trinajstić information content (AvgIpc) is 2.37. The Bertz CT molecular complexity index is 341. The number of rotatable bonds is 5. The number of carbonyl (C=O) groups is 1. The molecule has 3 atom stereocenters. The zero-order valence-electron chi connectivity index (χ0n) is 11.3. The number of esters is 1. The number of carbonyl (C=O) groups excluding carboxylic acids is 1. The van der Waals surface area contributed by atoms with E-state index in [0.717, 1.165) is 19.3 Å². The number of nitrogens with one attached hydrogen (secondary N) is 1. The van der Waals surface area contributed by atoms with Crippen LogP contribution in [0.15, 0.2) is 5.11 Å². The quantitative estimate of drug-likeness (QED) is 0.268. The molecule has 3 unspecified atom stereocenters. The predicted octanol–water partition coefficient (Wildman–Crippen LogP) is 2.25. The summed E-state index contributed by atoms with van der Waals surface area (Å²) < 4.78 is 4.96. The molecule has 0 bridgehead atoms. The van der Waals surface area contributed by atoms with Gasteiger partial charge >= 0.3 is 5.97 Å². The molecule has 0 radical (unpaired) electrons. The van der Waals surface area contributed by atoms with Gasteiger partial charge in [0.15, 0.2) is 0 Å². The van der Waals surface area contributed by atoms with E-state index in [2.05, 4.69) is 29.2 Å². The van der Waals surface area contributed by atoms with Crippen LogP contribution in [-0.4, -0.2) is 31.7 Å². The number of methoxy groups -OCH3 is 1. The number of nitrogens with zero attached hydrogens (tertiary/aromatic N) is 3. The third-order valence-corrected chi connectivity index (χ3v) is 3.87. The van der Waals surface area contributed by atoms with Crippen molar-refractivity contribution in [2.75, 3.05) is 20.2 Å². The van der Waals surface area contributed by atoms with E-state index in [1.54, 1.807) is 0 Å². The van der Waals surface area contributed by atoms with Crippen molar-refractivity contribution in [3.05, 3.63) is 10.4 Å². The highest BCUT2D eigenvalue weighted by Crippen LogP contribution is 2.37. The highest BCUT2D eigenvalue weighted by atomic mass is 16.5. The van der Waals surface area contributed by atoms with Gasteiger partial charge in [-0.2, -0.15) is 0 Å². The summed E-state index contributed by atoms with van der Waals surface area (Å²) >= 11 is 0. The minimum absolute atomic E-state index is 0.206. The Balaban J connectivity index is 2.79. The van der Waals surface area contributed by atoms with Gasteiger partial charge in [-0.15, -0.1) is 0 Å². The first-order valence-electron chi connectivity index (χ1n) is 6.41. The van der Waals surface area contributed by atoms with Crippen LogP contribution in [0.1, 0.15) is 33.1 Å². The molecule has 0 aromatic rings. The lowest BCUT2D eigenvalue weighted by Gasteiger charge is -2.43. The fourth-order valence-electron chi connectivity index (χ4n) is 2.79. The molecule has 1 fully saturated rings. The lowest BCUT2D eigenvalue weighted by Crippen LogP contribution is -2.60. The third-order valence-electron chi connectivity index (χ3n) is 3.87. The van der Waals surface area contributed by atoms with E-state index < -0.39 is 5.54 Å². The normalized spacial score (nSPS) is 31.5. The van der Waals surface area contributed by atoms with E-state index >= 15 is 0 Å². The second-order valence-electron chi connectivity index (χ2n) is 5.13. The highest BCUT2D eigenvalue weighted by Gasteiger charge is 2.47. The molecule has 1 N–H and O–H groups in total. The van der Waals surface area contributed by atoms with Crippen LogP contribution in [0.5, 0.6) is 0 Å². The first-order chi connectivity index (χ1) is 8.56. The Labute approximate surface area is 108 Å². The fraction of sp³-hybridized carbons (Fsp3) is 0.917. The molecule has 1 rings (SSSR count). The van der Waals surface area contributed by atoms with Crippen molar-refractivity contribution in [3.8, 4) is 0 Å². The van der Waals surface area contributed by atoms with Crippen LogP contribution in [0.3, 0.4) is 0 Å². The molecule has 102 valence electrons. The van der Waals surface area contributed by atoms with Crippen molar-refractivity contribution in [1.82, 2.24) is 5.32 Å². The Hall–Kier alpha value is -1.26. The molecule has 0 heterocycles. The van der Waals surface area contributed by atoms with E-state index in [0.29, 0.717) is 19.0 Å². The van der Waals surface area contributed by atoms with Gasteiger partial charge in [0.05, 0.1) is 7.11 Å². The molecule has 0 saturated heterocycles. The van der Waals surface area contributed by atoms with E-state index in [-0.39, 0.29) is 11.9 Å². The number of hydrogen-bond acceptors (Lipinski definition) is 4. The van der Waals surface area contributed by atoms with Crippen molar-refractivity contribution in [1.29, 1.82) is 0 Å². The molecule has 0 aliphatic heterocycles. The van der Waals surface area contributed by atoms with Crippen molar-refractivity contribution >= 4 is 5.97 Å². The summed E-state index contributed by atoms with van der Waals surface area (Å²) in [4.78, 5) is 14.8. The highest BCUT2D eigenvalue weighted by molar-refractivity contribution is 5.81. The Morgan fingerprint density at radius 1 is 1.56 bits per heavy atom. The fourth-order valence-corrected chi connectivity index (χ4v) is 2.79. The maximum atomic E-state index is 12.1. The standard InChI is InChI=1S/C12H22N4O2/c1-9-4-5-10(2)12(8-9,11(17)18-3)14-6-7-15-16-13/h9-10,14H,4-8H2,1-3H3. The van der Waals surface area contributed by atoms with Gasteiger partial charge in [-0.05, 0) is 30.2 Å². The van der Waals surface area contributed by atoms with Crippen molar-refractivity contribution in [2.24, 2.45) is 17.0 Å². The monoisotopic (exact) mass is 254 g/mol. The Morgan fingerprint density at radius 2 is 2.28 bits per heavy atom. The van der Waals surface area contributed by atoms with Crippen LogP contribution in [0, 0.1) is 11.8 Å². The summed E-state index contributed by atoms with van der Waals surface area (Å²) in [6.07, 6.45) is 2.92. The van der Waals surface area contributed by atoms with Crippen molar-refractivity contribution < 1.29 is 9.53 Å². The summed E-state index contributed by atoms with van der Waals surface area (Å²) in [5.41, 5.74) is 7.63. The molecule has 18 heavy (non-hydrogen) atoms. The number of hydrogen-bond donors (Lipinski definition) is 1. The Morgan fingerprint density at radius 3 is 2.89 bits per heavy atom. The molecule has 6 heteroatoms. The van der Waals surface area contributed by atoms with E-state index in [1.807, 2.05) is 0 Å². The van der Waals surface area contributed by atoms with Crippen LogP contribution in [0.2, 0.25) is 0 Å². The van der Waals surface area contributed by atoms with Gasteiger partial charge in [-0.25, -0.2) is 0 Å². The van der Waals surface area contributed by atoms with Crippen LogP contribution < -0.4 is 5.32 Å². The van der Waals surface area contributed by atoms with Gasteiger partial charge in [0.1, 0.15) is 5.54 Å². The van der Waals surface area contributed by atoms with Gasteiger partial charge < -0.3 is 10.1 Å². The molecule has 0 aromatic heterocycles. The van der Waals surface area contributed by atoms with E-state index in [9.17, 15) is 4.79 Å². The summed E-state index contributed by atoms with van der Waals surface area (Å²) in [5, 5.41) is 6.74. The zero-order chi connectivity index (χ0) is 13.6. The van der Waals surface area contributed by atoms with Gasteiger partial charge in [0.2, 0.25) is 0 Å². The molecule has 1 saturated carbocycles. The van der Waals surface area contributed by atoms with Gasteiger partial charge in [-0.1, -0.05) is 25.4 Å².